The Hall–Kier alpha value is -1.27. The first-order valence-corrected chi connectivity index (χ1v) is 7.42. The molecule has 0 amide bonds. The van der Waals surface area contributed by atoms with Gasteiger partial charge < -0.3 is 5.32 Å². The Bertz CT molecular complexity index is 669. The molecule has 21 heavy (non-hydrogen) atoms. The van der Waals surface area contributed by atoms with Crippen molar-refractivity contribution < 1.29 is 8.78 Å². The van der Waals surface area contributed by atoms with E-state index in [9.17, 15) is 8.78 Å². The second-order valence-electron chi connectivity index (χ2n) is 4.87. The molecule has 0 saturated heterocycles. The van der Waals surface area contributed by atoms with Crippen LogP contribution in [0.1, 0.15) is 31.2 Å². The summed E-state index contributed by atoms with van der Waals surface area (Å²) in [6.07, 6.45) is 0. The van der Waals surface area contributed by atoms with E-state index in [1.54, 1.807) is 6.92 Å². The first kappa shape index (κ1) is 16.1. The van der Waals surface area contributed by atoms with Gasteiger partial charge in [-0.2, -0.15) is 0 Å². The largest absolute Gasteiger partial charge is 0.335 e. The number of nitrogens with zero attached hydrogens (tertiary/aromatic N) is 2. The summed E-state index contributed by atoms with van der Waals surface area (Å²) in [6, 6.07) is 2.35. The quantitative estimate of drug-likeness (QED) is 0.734. The van der Waals surface area contributed by atoms with Crippen molar-refractivity contribution in [1.29, 1.82) is 0 Å². The van der Waals surface area contributed by atoms with E-state index in [0.29, 0.717) is 21.7 Å². The van der Waals surface area contributed by atoms with E-state index in [1.807, 2.05) is 13.8 Å². The fourth-order valence-electron chi connectivity index (χ4n) is 1.67. The van der Waals surface area contributed by atoms with Gasteiger partial charge in [-0.3, -0.25) is 0 Å². The first-order valence-electron chi connectivity index (χ1n) is 6.25. The predicted molar refractivity (Wildman–Crippen MR) is 83.2 cm³/mol. The Morgan fingerprint density at radius 1 is 1.19 bits per heavy atom. The lowest BCUT2D eigenvalue weighted by Crippen LogP contribution is -2.07. The van der Waals surface area contributed by atoms with E-state index in [1.165, 1.54) is 12.1 Å². The van der Waals surface area contributed by atoms with Gasteiger partial charge in [-0.05, 0) is 19.1 Å². The summed E-state index contributed by atoms with van der Waals surface area (Å²) in [5.41, 5.74) is 0.258. The molecule has 0 unspecified atom stereocenters. The SMILES string of the molecule is Cc1c(Cl)nc(C(C)C)nc1Nc1c(F)cc(Br)cc1F. The minimum absolute atomic E-state index is 0.0447. The maximum absolute atomic E-state index is 13.9. The zero-order chi connectivity index (χ0) is 15.7. The zero-order valence-electron chi connectivity index (χ0n) is 11.6. The number of hydrogen-bond donors (Lipinski definition) is 1. The number of aromatic nitrogens is 2. The average Bonchev–Trinajstić information content (AvgIpc) is 2.37. The van der Waals surface area contributed by atoms with Crippen molar-refractivity contribution in [3.8, 4) is 0 Å². The van der Waals surface area contributed by atoms with Gasteiger partial charge in [0.2, 0.25) is 0 Å². The fraction of sp³-hybridized carbons (Fsp3) is 0.286. The van der Waals surface area contributed by atoms with Crippen LogP contribution in [0.4, 0.5) is 20.3 Å². The third kappa shape index (κ3) is 3.49. The van der Waals surface area contributed by atoms with Gasteiger partial charge in [0.15, 0.2) is 11.6 Å². The Balaban J connectivity index is 2.49. The van der Waals surface area contributed by atoms with Crippen LogP contribution in [0, 0.1) is 18.6 Å². The summed E-state index contributed by atoms with van der Waals surface area (Å²) in [4.78, 5) is 8.43. The molecule has 0 bridgehead atoms. The third-order valence-corrected chi connectivity index (χ3v) is 3.70. The van der Waals surface area contributed by atoms with Gasteiger partial charge in [0.05, 0.1) is 0 Å². The molecule has 3 nitrogen and oxygen atoms in total. The third-order valence-electron chi connectivity index (χ3n) is 2.87. The molecule has 0 aliphatic carbocycles. The maximum atomic E-state index is 13.9. The van der Waals surface area contributed by atoms with Crippen LogP contribution in [-0.4, -0.2) is 9.97 Å². The minimum Gasteiger partial charge on any atom is -0.335 e. The van der Waals surface area contributed by atoms with Crippen LogP contribution in [-0.2, 0) is 0 Å². The number of nitrogens with one attached hydrogen (secondary N) is 1. The summed E-state index contributed by atoms with van der Waals surface area (Å²) in [5.74, 6) is -0.600. The molecular formula is C14H13BrClF2N3. The summed E-state index contributed by atoms with van der Waals surface area (Å²) >= 11 is 9.08. The van der Waals surface area contributed by atoms with Crippen molar-refractivity contribution in [3.05, 3.63) is 44.8 Å². The van der Waals surface area contributed by atoms with E-state index >= 15 is 0 Å². The smallest absolute Gasteiger partial charge is 0.150 e. The van der Waals surface area contributed by atoms with Crippen molar-refractivity contribution in [2.24, 2.45) is 0 Å². The standard InChI is InChI=1S/C14H13BrClF2N3/c1-6(2)13-20-12(16)7(3)14(21-13)19-11-9(17)4-8(15)5-10(11)18/h4-6H,1-3H3,(H,19,20,21). The number of hydrogen-bond acceptors (Lipinski definition) is 3. The molecule has 0 saturated carbocycles. The average molecular weight is 377 g/mol. The molecular weight excluding hydrogens is 364 g/mol. The normalized spacial score (nSPS) is 11.0. The Kier molecular flexibility index (Phi) is 4.78. The van der Waals surface area contributed by atoms with Crippen LogP contribution in [0.15, 0.2) is 16.6 Å². The van der Waals surface area contributed by atoms with Gasteiger partial charge in [0, 0.05) is 16.0 Å². The molecule has 7 heteroatoms. The predicted octanol–water partition coefficient (Wildman–Crippen LogP) is 5.35. The van der Waals surface area contributed by atoms with Crippen LogP contribution in [0.3, 0.4) is 0 Å². The van der Waals surface area contributed by atoms with Crippen molar-refractivity contribution in [3.63, 3.8) is 0 Å². The van der Waals surface area contributed by atoms with Gasteiger partial charge >= 0.3 is 0 Å². The highest BCUT2D eigenvalue weighted by Crippen LogP contribution is 2.30. The van der Waals surface area contributed by atoms with Crippen molar-refractivity contribution in [2.75, 3.05) is 5.32 Å². The van der Waals surface area contributed by atoms with Crippen LogP contribution in [0.2, 0.25) is 5.15 Å². The van der Waals surface area contributed by atoms with Gasteiger partial charge in [0.1, 0.15) is 22.5 Å². The number of halogens is 4. The van der Waals surface area contributed by atoms with E-state index < -0.39 is 11.6 Å². The van der Waals surface area contributed by atoms with E-state index in [4.69, 9.17) is 11.6 Å². The van der Waals surface area contributed by atoms with Crippen LogP contribution in [0.5, 0.6) is 0 Å². The Morgan fingerprint density at radius 2 is 1.76 bits per heavy atom. The number of rotatable bonds is 3. The van der Waals surface area contributed by atoms with E-state index in [2.05, 4.69) is 31.2 Å². The molecule has 112 valence electrons. The summed E-state index contributed by atoms with van der Waals surface area (Å²) < 4.78 is 28.1. The Morgan fingerprint density at radius 3 is 2.29 bits per heavy atom. The molecule has 1 heterocycles. The lowest BCUT2D eigenvalue weighted by Gasteiger charge is -2.14. The van der Waals surface area contributed by atoms with Gasteiger partial charge in [-0.25, -0.2) is 18.7 Å². The highest BCUT2D eigenvalue weighted by Gasteiger charge is 2.16. The van der Waals surface area contributed by atoms with Gasteiger partial charge in [-0.1, -0.05) is 41.4 Å². The lowest BCUT2D eigenvalue weighted by atomic mass is 10.2. The highest BCUT2D eigenvalue weighted by atomic mass is 79.9. The monoisotopic (exact) mass is 375 g/mol. The van der Waals surface area contributed by atoms with Crippen molar-refractivity contribution in [1.82, 2.24) is 9.97 Å². The first-order chi connectivity index (χ1) is 9.79. The van der Waals surface area contributed by atoms with Crippen LogP contribution in [0.25, 0.3) is 0 Å². The van der Waals surface area contributed by atoms with Crippen LogP contribution >= 0.6 is 27.5 Å². The lowest BCUT2D eigenvalue weighted by molar-refractivity contribution is 0.589. The molecule has 1 N–H and O–H groups in total. The summed E-state index contributed by atoms with van der Waals surface area (Å²) in [5, 5.41) is 2.92. The van der Waals surface area contributed by atoms with E-state index in [0.717, 1.165) is 0 Å². The zero-order valence-corrected chi connectivity index (χ0v) is 14.0. The highest BCUT2D eigenvalue weighted by molar-refractivity contribution is 9.10. The summed E-state index contributed by atoms with van der Waals surface area (Å²) in [7, 11) is 0. The molecule has 2 aromatic rings. The molecule has 0 spiro atoms. The van der Waals surface area contributed by atoms with E-state index in [-0.39, 0.29) is 16.8 Å². The van der Waals surface area contributed by atoms with Crippen LogP contribution < -0.4 is 5.32 Å². The summed E-state index contributed by atoms with van der Waals surface area (Å²) in [6.45, 7) is 5.50. The molecule has 2 rings (SSSR count). The number of anilines is 2. The molecule has 0 aliphatic heterocycles. The van der Waals surface area contributed by atoms with Crippen molar-refractivity contribution >= 4 is 39.0 Å². The molecule has 1 aromatic heterocycles. The van der Waals surface area contributed by atoms with Crippen molar-refractivity contribution in [2.45, 2.75) is 26.7 Å². The number of benzene rings is 1. The minimum atomic E-state index is -0.720. The molecule has 1 aromatic carbocycles. The second kappa shape index (κ2) is 6.23. The molecule has 0 aliphatic rings. The maximum Gasteiger partial charge on any atom is 0.150 e. The Labute approximate surface area is 134 Å². The fourth-order valence-corrected chi connectivity index (χ4v) is 2.24. The molecule has 0 atom stereocenters. The van der Waals surface area contributed by atoms with Gasteiger partial charge in [0.25, 0.3) is 0 Å². The molecule has 0 fully saturated rings. The van der Waals surface area contributed by atoms with Gasteiger partial charge in [-0.15, -0.1) is 0 Å². The molecule has 0 radical (unpaired) electrons. The second-order valence-corrected chi connectivity index (χ2v) is 6.14. The topological polar surface area (TPSA) is 37.8 Å².